The number of aryl methyl sites for hydroxylation is 1. The quantitative estimate of drug-likeness (QED) is 0.696. The molecule has 0 saturated carbocycles. The Bertz CT molecular complexity index is 1040. The van der Waals surface area contributed by atoms with Crippen molar-refractivity contribution in [2.75, 3.05) is 37.7 Å². The van der Waals surface area contributed by atoms with E-state index in [2.05, 4.69) is 20.5 Å². The highest BCUT2D eigenvalue weighted by Crippen LogP contribution is 2.31. The third-order valence-corrected chi connectivity index (χ3v) is 5.69. The Hall–Kier alpha value is -2.93. The highest BCUT2D eigenvalue weighted by molar-refractivity contribution is 6.03. The molecule has 0 atom stereocenters. The van der Waals surface area contributed by atoms with Crippen LogP contribution in [0.3, 0.4) is 0 Å². The number of anilines is 1. The van der Waals surface area contributed by atoms with Gasteiger partial charge in [0, 0.05) is 39.3 Å². The van der Waals surface area contributed by atoms with Gasteiger partial charge in [0.05, 0.1) is 47.7 Å². The number of nitrogens with zero attached hydrogens (tertiary/aromatic N) is 5. The number of para-hydroxylation sites is 2. The monoisotopic (exact) mass is 377 g/mol. The summed E-state index contributed by atoms with van der Waals surface area (Å²) in [5, 5.41) is 0. The number of hydrogen-bond acceptors (Lipinski definition) is 5. The molecule has 2 aromatic heterocycles. The van der Waals surface area contributed by atoms with Crippen LogP contribution in [0.5, 0.6) is 0 Å². The minimum atomic E-state index is 0.0726. The van der Waals surface area contributed by atoms with Crippen LogP contribution in [0.4, 0.5) is 5.69 Å². The van der Waals surface area contributed by atoms with Crippen molar-refractivity contribution in [1.82, 2.24) is 19.4 Å². The summed E-state index contributed by atoms with van der Waals surface area (Å²) >= 11 is 0. The van der Waals surface area contributed by atoms with Gasteiger partial charge in [0.25, 0.3) is 5.91 Å². The molecular formula is C21H23N5O2. The molecule has 0 aliphatic carbocycles. The van der Waals surface area contributed by atoms with Crippen LogP contribution in [-0.2, 0) is 24.8 Å². The van der Waals surface area contributed by atoms with E-state index < -0.39 is 0 Å². The highest BCUT2D eigenvalue weighted by atomic mass is 16.5. The van der Waals surface area contributed by atoms with E-state index in [9.17, 15) is 4.79 Å². The van der Waals surface area contributed by atoms with E-state index in [0.29, 0.717) is 26.3 Å². The molecular weight excluding hydrogens is 354 g/mol. The zero-order valence-corrected chi connectivity index (χ0v) is 16.0. The zero-order chi connectivity index (χ0) is 19.1. The molecule has 144 valence electrons. The number of amides is 1. The predicted octanol–water partition coefficient (Wildman–Crippen LogP) is 2.00. The highest BCUT2D eigenvalue weighted by Gasteiger charge is 2.33. The van der Waals surface area contributed by atoms with Crippen molar-refractivity contribution in [2.24, 2.45) is 7.05 Å². The maximum absolute atomic E-state index is 13.1. The summed E-state index contributed by atoms with van der Waals surface area (Å²) < 4.78 is 7.56. The smallest absolute Gasteiger partial charge is 0.258 e. The van der Waals surface area contributed by atoms with Crippen LogP contribution in [0, 0.1) is 0 Å². The van der Waals surface area contributed by atoms with E-state index in [-0.39, 0.29) is 5.91 Å². The van der Waals surface area contributed by atoms with Gasteiger partial charge in [-0.15, -0.1) is 0 Å². The maximum Gasteiger partial charge on any atom is 0.258 e. The molecule has 4 heterocycles. The lowest BCUT2D eigenvalue weighted by Crippen LogP contribution is -2.37. The fraction of sp³-hybridized carbons (Fsp3) is 0.381. The lowest BCUT2D eigenvalue weighted by molar-refractivity contribution is 0.0778. The van der Waals surface area contributed by atoms with E-state index in [1.165, 1.54) is 0 Å². The molecule has 1 aromatic carbocycles. The van der Waals surface area contributed by atoms with E-state index in [0.717, 1.165) is 53.3 Å². The van der Waals surface area contributed by atoms with Crippen LogP contribution in [0.15, 0.2) is 36.5 Å². The molecule has 2 aliphatic heterocycles. The molecule has 28 heavy (non-hydrogen) atoms. The number of hydrogen-bond donors (Lipinski definition) is 0. The zero-order valence-electron chi connectivity index (χ0n) is 16.0. The average Bonchev–Trinajstić information content (AvgIpc) is 3.24. The first-order valence-electron chi connectivity index (χ1n) is 9.72. The van der Waals surface area contributed by atoms with Gasteiger partial charge in [-0.3, -0.25) is 9.78 Å². The third kappa shape index (κ3) is 2.82. The Morgan fingerprint density at radius 2 is 1.96 bits per heavy atom. The standard InChI is InChI=1S/C21H23N5O2/c1-24-17-5-3-2-4-15(17)23-19(24)7-9-26-14-16-20(21(26)27)18(6-8-22-16)25-10-12-28-13-11-25/h2-6,8H,7,9-14H2,1H3. The van der Waals surface area contributed by atoms with Crippen LogP contribution >= 0.6 is 0 Å². The minimum Gasteiger partial charge on any atom is -0.378 e. The fourth-order valence-corrected chi connectivity index (χ4v) is 4.16. The SMILES string of the molecule is Cn1c(CCN2Cc3nccc(N4CCOCC4)c3C2=O)nc2ccccc21. The summed E-state index contributed by atoms with van der Waals surface area (Å²) in [5.41, 5.74) is 4.73. The molecule has 1 amide bonds. The van der Waals surface area contributed by atoms with Gasteiger partial charge in [-0.05, 0) is 18.2 Å². The largest absolute Gasteiger partial charge is 0.378 e. The first kappa shape index (κ1) is 17.2. The van der Waals surface area contributed by atoms with Crippen LogP contribution in [0.1, 0.15) is 21.9 Å². The molecule has 1 saturated heterocycles. The van der Waals surface area contributed by atoms with Gasteiger partial charge in [0.2, 0.25) is 0 Å². The summed E-state index contributed by atoms with van der Waals surface area (Å²) in [6.07, 6.45) is 2.53. The summed E-state index contributed by atoms with van der Waals surface area (Å²) in [7, 11) is 2.03. The van der Waals surface area contributed by atoms with Crippen LogP contribution in [-0.4, -0.2) is 58.2 Å². The van der Waals surface area contributed by atoms with E-state index in [1.54, 1.807) is 0 Å². The molecule has 0 radical (unpaired) electrons. The molecule has 7 nitrogen and oxygen atoms in total. The Balaban J connectivity index is 1.36. The summed E-state index contributed by atoms with van der Waals surface area (Å²) in [5.74, 6) is 1.06. The average molecular weight is 377 g/mol. The number of imidazole rings is 1. The lowest BCUT2D eigenvalue weighted by Gasteiger charge is -2.30. The summed E-state index contributed by atoms with van der Waals surface area (Å²) in [6.45, 7) is 4.21. The minimum absolute atomic E-state index is 0.0726. The third-order valence-electron chi connectivity index (χ3n) is 5.69. The van der Waals surface area contributed by atoms with Gasteiger partial charge < -0.3 is 19.1 Å². The van der Waals surface area contributed by atoms with Gasteiger partial charge in [0.15, 0.2) is 0 Å². The molecule has 2 aliphatic rings. The van der Waals surface area contributed by atoms with Crippen molar-refractivity contribution >= 4 is 22.6 Å². The second kappa shape index (κ2) is 6.91. The second-order valence-corrected chi connectivity index (χ2v) is 7.30. The van der Waals surface area contributed by atoms with Crippen LogP contribution in [0.25, 0.3) is 11.0 Å². The van der Waals surface area contributed by atoms with Crippen molar-refractivity contribution in [1.29, 1.82) is 0 Å². The summed E-state index contributed by atoms with van der Waals surface area (Å²) in [4.78, 5) is 26.5. The lowest BCUT2D eigenvalue weighted by atomic mass is 10.1. The molecule has 5 rings (SSSR count). The van der Waals surface area contributed by atoms with Gasteiger partial charge >= 0.3 is 0 Å². The number of rotatable bonds is 4. The summed E-state index contributed by atoms with van der Waals surface area (Å²) in [6, 6.07) is 10.1. The van der Waals surface area contributed by atoms with Crippen molar-refractivity contribution in [3.05, 3.63) is 53.6 Å². The van der Waals surface area contributed by atoms with Gasteiger partial charge in [-0.25, -0.2) is 4.98 Å². The Morgan fingerprint density at radius 3 is 2.79 bits per heavy atom. The Labute approximate surface area is 163 Å². The number of carbonyl (C=O) groups is 1. The van der Waals surface area contributed by atoms with Gasteiger partial charge in [-0.1, -0.05) is 12.1 Å². The second-order valence-electron chi connectivity index (χ2n) is 7.30. The normalized spacial score (nSPS) is 16.8. The van der Waals surface area contributed by atoms with Gasteiger partial charge in [-0.2, -0.15) is 0 Å². The number of benzene rings is 1. The first-order chi connectivity index (χ1) is 13.7. The van der Waals surface area contributed by atoms with Crippen molar-refractivity contribution in [3.8, 4) is 0 Å². The topological polar surface area (TPSA) is 63.5 Å². The maximum atomic E-state index is 13.1. The fourth-order valence-electron chi connectivity index (χ4n) is 4.16. The number of fused-ring (bicyclic) bond motifs is 2. The molecule has 0 unspecified atom stereocenters. The van der Waals surface area contributed by atoms with Crippen molar-refractivity contribution < 1.29 is 9.53 Å². The van der Waals surface area contributed by atoms with Crippen LogP contribution in [0.2, 0.25) is 0 Å². The van der Waals surface area contributed by atoms with Crippen LogP contribution < -0.4 is 4.90 Å². The van der Waals surface area contributed by atoms with E-state index in [1.807, 2.05) is 42.4 Å². The number of carbonyl (C=O) groups excluding carboxylic acids is 1. The molecule has 0 bridgehead atoms. The molecule has 3 aromatic rings. The Kier molecular flexibility index (Phi) is 4.24. The number of pyridine rings is 1. The number of aromatic nitrogens is 3. The van der Waals surface area contributed by atoms with Gasteiger partial charge in [0.1, 0.15) is 5.82 Å². The number of morpholine rings is 1. The van der Waals surface area contributed by atoms with Crippen molar-refractivity contribution in [3.63, 3.8) is 0 Å². The Morgan fingerprint density at radius 1 is 1.14 bits per heavy atom. The number of ether oxygens (including phenoxy) is 1. The molecule has 7 heteroatoms. The van der Waals surface area contributed by atoms with Crippen molar-refractivity contribution in [2.45, 2.75) is 13.0 Å². The van der Waals surface area contributed by atoms with E-state index >= 15 is 0 Å². The molecule has 0 N–H and O–H groups in total. The molecule has 1 fully saturated rings. The van der Waals surface area contributed by atoms with E-state index in [4.69, 9.17) is 9.72 Å². The molecule has 0 spiro atoms. The predicted molar refractivity (Wildman–Crippen MR) is 106 cm³/mol. The first-order valence-corrected chi connectivity index (χ1v) is 9.72.